The molecule has 0 bridgehead atoms. The van der Waals surface area contributed by atoms with Crippen molar-refractivity contribution in [2.75, 3.05) is 25.0 Å². The van der Waals surface area contributed by atoms with Gasteiger partial charge in [-0.1, -0.05) is 30.3 Å². The molecule has 0 radical (unpaired) electrons. The molecule has 26 heavy (non-hydrogen) atoms. The van der Waals surface area contributed by atoms with Crippen molar-refractivity contribution >= 4 is 17.3 Å². The zero-order valence-corrected chi connectivity index (χ0v) is 14.6. The van der Waals surface area contributed by atoms with Crippen molar-refractivity contribution in [3.63, 3.8) is 0 Å². The summed E-state index contributed by atoms with van der Waals surface area (Å²) in [6.45, 7) is 4.50. The van der Waals surface area contributed by atoms with Crippen molar-refractivity contribution in [1.82, 2.24) is 10.2 Å². The second-order valence-electron chi connectivity index (χ2n) is 6.38. The first-order chi connectivity index (χ1) is 12.6. The molecule has 136 valence electrons. The Morgan fingerprint density at radius 3 is 2.77 bits per heavy atom. The molecule has 1 aliphatic heterocycles. The highest BCUT2D eigenvalue weighted by molar-refractivity contribution is 5.96. The van der Waals surface area contributed by atoms with Crippen LogP contribution in [0.3, 0.4) is 0 Å². The monoisotopic (exact) mass is 354 g/mol. The lowest BCUT2D eigenvalue weighted by atomic mass is 10.1. The Bertz CT molecular complexity index is 795. The number of anilines is 1. The van der Waals surface area contributed by atoms with Gasteiger partial charge in [0.15, 0.2) is 0 Å². The second kappa shape index (κ2) is 7.97. The van der Waals surface area contributed by atoms with E-state index in [0.717, 1.165) is 18.7 Å². The number of nitrogens with zero attached hydrogens (tertiary/aromatic N) is 2. The van der Waals surface area contributed by atoms with E-state index < -0.39 is 4.92 Å². The first kappa shape index (κ1) is 17.9. The number of benzene rings is 2. The largest absolute Gasteiger partial charge is 0.375 e. The summed E-state index contributed by atoms with van der Waals surface area (Å²) in [6.07, 6.45) is 0. The Balaban J connectivity index is 1.80. The van der Waals surface area contributed by atoms with Crippen molar-refractivity contribution in [2.24, 2.45) is 0 Å². The van der Waals surface area contributed by atoms with Crippen LogP contribution in [-0.4, -0.2) is 41.4 Å². The first-order valence-corrected chi connectivity index (χ1v) is 8.64. The summed E-state index contributed by atoms with van der Waals surface area (Å²) in [5.74, 6) is -0.170. The normalized spacial score (nSPS) is 17.0. The summed E-state index contributed by atoms with van der Waals surface area (Å²) in [6, 6.07) is 14.3. The number of hydrogen-bond acceptors (Lipinski definition) is 5. The zero-order chi connectivity index (χ0) is 18.5. The predicted octanol–water partition coefficient (Wildman–Crippen LogP) is 2.64. The van der Waals surface area contributed by atoms with Crippen molar-refractivity contribution in [2.45, 2.75) is 19.5 Å². The molecule has 2 aromatic rings. The molecule has 2 aromatic carbocycles. The average Bonchev–Trinajstić information content (AvgIpc) is 2.67. The third kappa shape index (κ3) is 4.00. The van der Waals surface area contributed by atoms with E-state index in [-0.39, 0.29) is 17.6 Å². The number of nitro groups is 1. The van der Waals surface area contributed by atoms with Crippen LogP contribution in [0.4, 0.5) is 11.4 Å². The molecule has 1 fully saturated rings. The summed E-state index contributed by atoms with van der Waals surface area (Å²) in [7, 11) is 0. The van der Waals surface area contributed by atoms with Crippen molar-refractivity contribution in [1.29, 1.82) is 0 Å². The smallest absolute Gasteiger partial charge is 0.293 e. The molecule has 1 aliphatic rings. The van der Waals surface area contributed by atoms with Gasteiger partial charge >= 0.3 is 0 Å². The molecular formula is C19H22N4O3. The highest BCUT2D eigenvalue weighted by Gasteiger charge is 2.26. The maximum absolute atomic E-state index is 12.7. The van der Waals surface area contributed by atoms with Crippen LogP contribution in [0.5, 0.6) is 0 Å². The number of amides is 1. The Morgan fingerprint density at radius 2 is 2.08 bits per heavy atom. The van der Waals surface area contributed by atoms with E-state index in [1.165, 1.54) is 6.07 Å². The Labute approximate surface area is 152 Å². The summed E-state index contributed by atoms with van der Waals surface area (Å²) in [4.78, 5) is 25.5. The van der Waals surface area contributed by atoms with E-state index in [1.54, 1.807) is 17.0 Å². The lowest BCUT2D eigenvalue weighted by molar-refractivity contribution is -0.384. The van der Waals surface area contributed by atoms with Gasteiger partial charge in [0.2, 0.25) is 0 Å². The van der Waals surface area contributed by atoms with Gasteiger partial charge in [-0.15, -0.1) is 0 Å². The number of nitrogens with one attached hydrogen (secondary N) is 2. The molecule has 1 amide bonds. The van der Waals surface area contributed by atoms with Crippen molar-refractivity contribution in [3.05, 3.63) is 69.8 Å². The molecule has 0 aromatic heterocycles. The van der Waals surface area contributed by atoms with Gasteiger partial charge in [-0.3, -0.25) is 14.9 Å². The number of nitro benzene ring substituents is 1. The van der Waals surface area contributed by atoms with Gasteiger partial charge in [0.1, 0.15) is 5.69 Å². The minimum Gasteiger partial charge on any atom is -0.375 e. The molecule has 1 atom stereocenters. The van der Waals surface area contributed by atoms with Crippen LogP contribution in [0.1, 0.15) is 22.8 Å². The third-order valence-electron chi connectivity index (χ3n) is 4.53. The summed E-state index contributed by atoms with van der Waals surface area (Å²) < 4.78 is 0. The molecule has 0 spiro atoms. The van der Waals surface area contributed by atoms with Crippen molar-refractivity contribution in [3.8, 4) is 0 Å². The van der Waals surface area contributed by atoms with Crippen LogP contribution < -0.4 is 10.6 Å². The lowest BCUT2D eigenvalue weighted by Crippen LogP contribution is -2.52. The van der Waals surface area contributed by atoms with Gasteiger partial charge in [-0.05, 0) is 24.6 Å². The molecule has 1 heterocycles. The third-order valence-corrected chi connectivity index (χ3v) is 4.53. The minimum atomic E-state index is -0.453. The Kier molecular flexibility index (Phi) is 5.48. The zero-order valence-electron chi connectivity index (χ0n) is 14.6. The van der Waals surface area contributed by atoms with Gasteiger partial charge in [0, 0.05) is 43.9 Å². The summed E-state index contributed by atoms with van der Waals surface area (Å²) in [5.41, 5.74) is 1.69. The van der Waals surface area contributed by atoms with Crippen LogP contribution >= 0.6 is 0 Å². The maximum atomic E-state index is 12.7. The van der Waals surface area contributed by atoms with E-state index in [0.29, 0.717) is 24.3 Å². The number of carbonyl (C=O) groups is 1. The van der Waals surface area contributed by atoms with Crippen LogP contribution in [0.15, 0.2) is 48.5 Å². The fourth-order valence-electron chi connectivity index (χ4n) is 3.07. The molecule has 7 heteroatoms. The number of carbonyl (C=O) groups excluding carboxylic acids is 1. The molecule has 1 saturated heterocycles. The van der Waals surface area contributed by atoms with Gasteiger partial charge in [0.25, 0.3) is 11.6 Å². The standard InChI is InChI=1S/C19H22N4O3/c1-14-12-20-9-10-22(14)19(24)16-7-8-17(18(11-16)23(25)26)21-13-15-5-3-2-4-6-15/h2-8,11,14,20-21H,9-10,12-13H2,1H3. The van der Waals surface area contributed by atoms with E-state index in [4.69, 9.17) is 0 Å². The first-order valence-electron chi connectivity index (χ1n) is 8.64. The van der Waals surface area contributed by atoms with E-state index >= 15 is 0 Å². The van der Waals surface area contributed by atoms with E-state index in [1.807, 2.05) is 37.3 Å². The minimum absolute atomic E-state index is 0.0613. The second-order valence-corrected chi connectivity index (χ2v) is 6.38. The molecule has 1 unspecified atom stereocenters. The van der Waals surface area contributed by atoms with Gasteiger partial charge in [-0.2, -0.15) is 0 Å². The fraction of sp³-hybridized carbons (Fsp3) is 0.316. The fourth-order valence-corrected chi connectivity index (χ4v) is 3.07. The number of rotatable bonds is 5. The number of piperazine rings is 1. The molecule has 0 aliphatic carbocycles. The summed E-state index contributed by atoms with van der Waals surface area (Å²) in [5, 5.41) is 17.8. The van der Waals surface area contributed by atoms with Gasteiger partial charge in [-0.25, -0.2) is 0 Å². The molecule has 7 nitrogen and oxygen atoms in total. The SMILES string of the molecule is CC1CNCCN1C(=O)c1ccc(NCc2ccccc2)c([N+](=O)[O-])c1. The summed E-state index contributed by atoms with van der Waals surface area (Å²) >= 11 is 0. The quantitative estimate of drug-likeness (QED) is 0.637. The Hall–Kier alpha value is -2.93. The molecular weight excluding hydrogens is 332 g/mol. The Morgan fingerprint density at radius 1 is 1.31 bits per heavy atom. The molecule has 0 saturated carbocycles. The van der Waals surface area contributed by atoms with Crippen molar-refractivity contribution < 1.29 is 9.72 Å². The van der Waals surface area contributed by atoms with Crippen LogP contribution in [0, 0.1) is 10.1 Å². The average molecular weight is 354 g/mol. The highest BCUT2D eigenvalue weighted by atomic mass is 16.6. The van der Waals surface area contributed by atoms with Crippen LogP contribution in [-0.2, 0) is 6.54 Å². The van der Waals surface area contributed by atoms with Gasteiger partial charge < -0.3 is 15.5 Å². The van der Waals surface area contributed by atoms with Gasteiger partial charge in [0.05, 0.1) is 4.92 Å². The number of hydrogen-bond donors (Lipinski definition) is 2. The molecule has 3 rings (SSSR count). The van der Waals surface area contributed by atoms with E-state index in [9.17, 15) is 14.9 Å². The highest BCUT2D eigenvalue weighted by Crippen LogP contribution is 2.27. The maximum Gasteiger partial charge on any atom is 0.293 e. The lowest BCUT2D eigenvalue weighted by Gasteiger charge is -2.34. The topological polar surface area (TPSA) is 87.5 Å². The molecule has 2 N–H and O–H groups in total. The predicted molar refractivity (Wildman–Crippen MR) is 100 cm³/mol. The van der Waals surface area contributed by atoms with Crippen LogP contribution in [0.2, 0.25) is 0 Å². The van der Waals surface area contributed by atoms with Crippen LogP contribution in [0.25, 0.3) is 0 Å². The van der Waals surface area contributed by atoms with E-state index in [2.05, 4.69) is 10.6 Å².